The number of likely N-dealkylation sites (tertiary alicyclic amines) is 1. The van der Waals surface area contributed by atoms with Crippen molar-refractivity contribution < 1.29 is 4.52 Å². The fourth-order valence-corrected chi connectivity index (χ4v) is 4.10. The van der Waals surface area contributed by atoms with Crippen LogP contribution in [0, 0.1) is 11.8 Å². The van der Waals surface area contributed by atoms with E-state index in [1.54, 1.807) is 0 Å². The van der Waals surface area contributed by atoms with Crippen LogP contribution in [-0.2, 0) is 19.4 Å². The quantitative estimate of drug-likeness (QED) is 0.564. The van der Waals surface area contributed by atoms with Gasteiger partial charge in [0, 0.05) is 50.7 Å². The summed E-state index contributed by atoms with van der Waals surface area (Å²) in [4.78, 5) is 7.02. The van der Waals surface area contributed by atoms with Crippen LogP contribution < -0.4 is 10.6 Å². The Bertz CT molecular complexity index is 591. The summed E-state index contributed by atoms with van der Waals surface area (Å²) in [6, 6.07) is 0. The Morgan fingerprint density at radius 3 is 2.41 bits per heavy atom. The van der Waals surface area contributed by atoms with Crippen LogP contribution in [-0.4, -0.2) is 48.2 Å². The first-order valence-electron chi connectivity index (χ1n) is 10.5. The molecule has 6 heteroatoms. The second kappa shape index (κ2) is 9.58. The minimum atomic E-state index is 0.0842. The SMILES string of the molecule is CCc1noc(CC)c1CNC(=NC)NCC(C)(C)N1CC(C)CC(C)C1. The third kappa shape index (κ3) is 5.71. The number of hydrogen-bond acceptors (Lipinski definition) is 4. The molecule has 2 heterocycles. The number of aliphatic imine (C=N–C) groups is 1. The van der Waals surface area contributed by atoms with Crippen LogP contribution in [0.3, 0.4) is 0 Å². The molecular weight excluding hydrogens is 338 g/mol. The van der Waals surface area contributed by atoms with Gasteiger partial charge in [-0.25, -0.2) is 0 Å². The summed E-state index contributed by atoms with van der Waals surface area (Å²) in [7, 11) is 1.82. The van der Waals surface area contributed by atoms with Gasteiger partial charge >= 0.3 is 0 Å². The predicted octanol–water partition coefficient (Wildman–Crippen LogP) is 3.22. The molecular formula is C21H39N5O. The van der Waals surface area contributed by atoms with E-state index >= 15 is 0 Å². The highest BCUT2D eigenvalue weighted by Crippen LogP contribution is 2.26. The normalized spacial score (nSPS) is 22.1. The maximum absolute atomic E-state index is 5.46. The fraction of sp³-hybridized carbons (Fsp3) is 0.810. The first-order chi connectivity index (χ1) is 12.8. The molecule has 0 spiro atoms. The van der Waals surface area contributed by atoms with E-state index in [-0.39, 0.29) is 5.54 Å². The molecule has 1 saturated heterocycles. The highest BCUT2D eigenvalue weighted by Gasteiger charge is 2.32. The highest BCUT2D eigenvalue weighted by molar-refractivity contribution is 5.79. The van der Waals surface area contributed by atoms with Gasteiger partial charge in [0.25, 0.3) is 0 Å². The van der Waals surface area contributed by atoms with Gasteiger partial charge < -0.3 is 15.2 Å². The maximum Gasteiger partial charge on any atom is 0.191 e. The molecule has 2 N–H and O–H groups in total. The first kappa shape index (κ1) is 21.7. The molecule has 2 atom stereocenters. The van der Waals surface area contributed by atoms with Crippen molar-refractivity contribution in [2.24, 2.45) is 16.8 Å². The van der Waals surface area contributed by atoms with Crippen LogP contribution in [0.4, 0.5) is 0 Å². The molecule has 1 aliphatic rings. The predicted molar refractivity (Wildman–Crippen MR) is 112 cm³/mol. The third-order valence-corrected chi connectivity index (χ3v) is 5.68. The van der Waals surface area contributed by atoms with Gasteiger partial charge in [-0.05, 0) is 38.5 Å². The molecule has 1 aromatic rings. The molecule has 0 bridgehead atoms. The number of nitrogens with zero attached hydrogens (tertiary/aromatic N) is 3. The number of aryl methyl sites for hydroxylation is 2. The summed E-state index contributed by atoms with van der Waals surface area (Å²) < 4.78 is 5.46. The molecule has 0 saturated carbocycles. The van der Waals surface area contributed by atoms with Gasteiger partial charge in [-0.3, -0.25) is 9.89 Å². The minimum Gasteiger partial charge on any atom is -0.361 e. The number of rotatable bonds is 7. The topological polar surface area (TPSA) is 65.7 Å². The lowest BCUT2D eigenvalue weighted by Crippen LogP contribution is -2.57. The third-order valence-electron chi connectivity index (χ3n) is 5.68. The van der Waals surface area contributed by atoms with Crippen molar-refractivity contribution in [1.29, 1.82) is 0 Å². The molecule has 27 heavy (non-hydrogen) atoms. The molecule has 6 nitrogen and oxygen atoms in total. The van der Waals surface area contributed by atoms with Gasteiger partial charge in [0.1, 0.15) is 5.76 Å². The average molecular weight is 378 g/mol. The van der Waals surface area contributed by atoms with E-state index in [9.17, 15) is 0 Å². The molecule has 154 valence electrons. The van der Waals surface area contributed by atoms with E-state index < -0.39 is 0 Å². The van der Waals surface area contributed by atoms with Crippen molar-refractivity contribution in [2.75, 3.05) is 26.7 Å². The Balaban J connectivity index is 1.92. The number of piperidine rings is 1. The van der Waals surface area contributed by atoms with Crippen LogP contribution in [0.2, 0.25) is 0 Å². The van der Waals surface area contributed by atoms with Crippen molar-refractivity contribution in [1.82, 2.24) is 20.7 Å². The lowest BCUT2D eigenvalue weighted by atomic mass is 9.88. The zero-order valence-electron chi connectivity index (χ0n) is 18.4. The Hall–Kier alpha value is -1.56. The molecule has 1 aromatic heterocycles. The van der Waals surface area contributed by atoms with E-state index in [0.29, 0.717) is 6.54 Å². The zero-order chi connectivity index (χ0) is 20.0. The molecule has 0 radical (unpaired) electrons. The van der Waals surface area contributed by atoms with E-state index in [0.717, 1.165) is 48.6 Å². The summed E-state index contributed by atoms with van der Waals surface area (Å²) in [6.07, 6.45) is 3.07. The van der Waals surface area contributed by atoms with E-state index in [4.69, 9.17) is 4.52 Å². The number of hydrogen-bond donors (Lipinski definition) is 2. The summed E-state index contributed by atoms with van der Waals surface area (Å²) in [6.45, 7) is 17.5. The standard InChI is InChI=1S/C21H39N5O/c1-8-18-17(19(9-2)27-25-18)11-23-20(22-7)24-14-21(5,6)26-12-15(3)10-16(4)13-26/h15-16H,8-14H2,1-7H3,(H2,22,23,24). The molecule has 0 aromatic carbocycles. The van der Waals surface area contributed by atoms with Crippen molar-refractivity contribution in [2.45, 2.75) is 72.9 Å². The van der Waals surface area contributed by atoms with Gasteiger partial charge in [-0.2, -0.15) is 0 Å². The molecule has 2 unspecified atom stereocenters. The first-order valence-corrected chi connectivity index (χ1v) is 10.5. The number of aromatic nitrogens is 1. The van der Waals surface area contributed by atoms with Gasteiger partial charge in [0.15, 0.2) is 5.96 Å². The van der Waals surface area contributed by atoms with Gasteiger partial charge in [0.05, 0.1) is 5.69 Å². The van der Waals surface area contributed by atoms with Crippen LogP contribution in [0.5, 0.6) is 0 Å². The lowest BCUT2D eigenvalue weighted by Gasteiger charge is -2.45. The summed E-state index contributed by atoms with van der Waals surface area (Å²) in [5.74, 6) is 3.32. The Kier molecular flexibility index (Phi) is 7.71. The minimum absolute atomic E-state index is 0.0842. The fourth-order valence-electron chi connectivity index (χ4n) is 4.10. The van der Waals surface area contributed by atoms with Gasteiger partial charge in [-0.1, -0.05) is 32.9 Å². The number of guanidine groups is 1. The number of nitrogens with one attached hydrogen (secondary N) is 2. The molecule has 1 fully saturated rings. The van der Waals surface area contributed by atoms with Crippen molar-refractivity contribution >= 4 is 5.96 Å². The van der Waals surface area contributed by atoms with Crippen molar-refractivity contribution in [3.05, 3.63) is 17.0 Å². The maximum atomic E-state index is 5.46. The average Bonchev–Trinajstić information content (AvgIpc) is 3.03. The Labute approximate surface area is 165 Å². The molecule has 0 amide bonds. The molecule has 2 rings (SSSR count). The van der Waals surface area contributed by atoms with Crippen LogP contribution in [0.15, 0.2) is 9.52 Å². The molecule has 0 aliphatic carbocycles. The summed E-state index contributed by atoms with van der Waals surface area (Å²) in [5, 5.41) is 11.1. The van der Waals surface area contributed by atoms with Crippen molar-refractivity contribution in [3.63, 3.8) is 0 Å². The van der Waals surface area contributed by atoms with Gasteiger partial charge in [-0.15, -0.1) is 0 Å². The monoisotopic (exact) mass is 377 g/mol. The van der Waals surface area contributed by atoms with E-state index in [1.165, 1.54) is 25.1 Å². The van der Waals surface area contributed by atoms with Crippen molar-refractivity contribution in [3.8, 4) is 0 Å². The Morgan fingerprint density at radius 2 is 1.85 bits per heavy atom. The van der Waals surface area contributed by atoms with Gasteiger partial charge in [0.2, 0.25) is 0 Å². The Morgan fingerprint density at radius 1 is 1.19 bits per heavy atom. The highest BCUT2D eigenvalue weighted by atomic mass is 16.5. The van der Waals surface area contributed by atoms with E-state index in [2.05, 4.69) is 67.2 Å². The second-order valence-corrected chi connectivity index (χ2v) is 8.68. The summed E-state index contributed by atoms with van der Waals surface area (Å²) in [5.41, 5.74) is 2.29. The largest absolute Gasteiger partial charge is 0.361 e. The second-order valence-electron chi connectivity index (χ2n) is 8.68. The summed E-state index contributed by atoms with van der Waals surface area (Å²) >= 11 is 0. The van der Waals surface area contributed by atoms with E-state index in [1.807, 2.05) is 7.05 Å². The zero-order valence-corrected chi connectivity index (χ0v) is 18.4. The van der Waals surface area contributed by atoms with Crippen LogP contribution >= 0.6 is 0 Å². The lowest BCUT2D eigenvalue weighted by molar-refractivity contribution is 0.0483. The molecule has 1 aliphatic heterocycles. The smallest absolute Gasteiger partial charge is 0.191 e. The van der Waals surface area contributed by atoms with Crippen LogP contribution in [0.25, 0.3) is 0 Å². The van der Waals surface area contributed by atoms with Crippen LogP contribution in [0.1, 0.15) is 65.0 Å².